The van der Waals surface area contributed by atoms with Crippen molar-refractivity contribution in [3.63, 3.8) is 0 Å². The number of nitrogens with zero attached hydrogens (tertiary/aromatic N) is 2. The van der Waals surface area contributed by atoms with Crippen molar-refractivity contribution >= 4 is 33.4 Å². The van der Waals surface area contributed by atoms with Gasteiger partial charge in [-0.2, -0.15) is 9.29 Å². The molecule has 75 heavy (non-hydrogen) atoms. The predicted molar refractivity (Wildman–Crippen MR) is 290 cm³/mol. The number of aliphatic hydroxyl groups is 3. The fraction of sp³-hybridized carbons (Fsp3) is 0.519. The van der Waals surface area contributed by atoms with E-state index in [4.69, 9.17) is 29.0 Å². The molecule has 19 nitrogen and oxygen atoms in total. The highest BCUT2D eigenvalue weighted by Gasteiger charge is 2.46. The highest BCUT2D eigenvalue weighted by atomic mass is 31.3. The summed E-state index contributed by atoms with van der Waals surface area (Å²) in [5, 5.41) is 30.9. The van der Waals surface area contributed by atoms with Crippen LogP contribution < -0.4 is 11.4 Å². The van der Waals surface area contributed by atoms with E-state index in [-0.39, 0.29) is 18.7 Å². The molecule has 0 radical (unpaired) electrons. The molecule has 2 unspecified atom stereocenters. The number of hydrogen-bond donors (Lipinski definition) is 6. The number of carbonyl (C=O) groups is 2. The van der Waals surface area contributed by atoms with Crippen molar-refractivity contribution in [1.29, 1.82) is 0 Å². The van der Waals surface area contributed by atoms with E-state index in [1.807, 2.05) is 66.8 Å². The van der Waals surface area contributed by atoms with Crippen LogP contribution in [0.4, 0.5) is 5.82 Å². The average molecular weight is 1090 g/mol. The van der Waals surface area contributed by atoms with Crippen LogP contribution >= 0.6 is 15.6 Å². The summed E-state index contributed by atoms with van der Waals surface area (Å²) in [7, 11) is -10.9. The minimum absolute atomic E-state index is 0.0268. The van der Waals surface area contributed by atoms with Gasteiger partial charge in [0.05, 0.1) is 19.3 Å². The van der Waals surface area contributed by atoms with Crippen molar-refractivity contribution in [3.8, 4) is 0 Å². The maximum atomic E-state index is 12.9. The number of aliphatic hydroxyl groups excluding tert-OH is 3. The van der Waals surface area contributed by atoms with E-state index in [1.165, 1.54) is 6.07 Å². The summed E-state index contributed by atoms with van der Waals surface area (Å²) in [5.74, 6) is -1.51. The molecule has 7 N–H and O–H groups in total. The van der Waals surface area contributed by atoms with E-state index in [0.29, 0.717) is 32.1 Å². The van der Waals surface area contributed by atoms with Gasteiger partial charge < -0.3 is 45.1 Å². The summed E-state index contributed by atoms with van der Waals surface area (Å²) >= 11 is 0. The first-order valence-corrected chi connectivity index (χ1v) is 28.6. The smallest absolute Gasteiger partial charge is 0.462 e. The van der Waals surface area contributed by atoms with Crippen molar-refractivity contribution in [2.75, 3.05) is 25.6 Å². The number of phosphoric ester groups is 2. The van der Waals surface area contributed by atoms with E-state index >= 15 is 0 Å². The number of nitrogens with two attached hydrogens (primary N) is 1. The molecule has 0 aromatic carbocycles. The number of aromatic nitrogens is 2. The van der Waals surface area contributed by atoms with Crippen LogP contribution in [0.15, 0.2) is 139 Å². The lowest BCUT2D eigenvalue weighted by Gasteiger charge is -2.21. The highest BCUT2D eigenvalue weighted by Crippen LogP contribution is 2.60. The average Bonchev–Trinajstić information content (AvgIpc) is 3.64. The molecule has 418 valence electrons. The maximum absolute atomic E-state index is 12.9. The largest absolute Gasteiger partial charge is 0.481 e. The van der Waals surface area contributed by atoms with Gasteiger partial charge in [-0.05, 0) is 83.1 Å². The SMILES string of the molecule is CC/C=C\C/C=C\C/C=C\C/C=C\C/C=C\C/C=C\CCC(=O)OC[C@H](COP(=O)(O)OP(=O)(O)OC[C@H]1O[C@@H](n2ccc(N)nc2=O)[C@H](O)[C@@H]1O)OC(=O)CCC/C=C\C/C=C\C/C=C\C=C\[C@@H](O)CCCCC. The van der Waals surface area contributed by atoms with Crippen molar-refractivity contribution in [3.05, 3.63) is 144 Å². The van der Waals surface area contributed by atoms with Crippen molar-refractivity contribution in [2.45, 2.75) is 160 Å². The molecular weight excluding hydrogens is 1010 g/mol. The molecule has 1 aliphatic heterocycles. The third-order valence-electron chi connectivity index (χ3n) is 10.6. The Balaban J connectivity index is 1.87. The Hall–Kier alpha value is -4.88. The first kappa shape index (κ1) is 66.2. The zero-order chi connectivity index (χ0) is 55.0. The van der Waals surface area contributed by atoms with Gasteiger partial charge in [0.1, 0.15) is 30.7 Å². The number of rotatable bonds is 40. The van der Waals surface area contributed by atoms with E-state index in [9.17, 15) is 48.6 Å². The van der Waals surface area contributed by atoms with Gasteiger partial charge >= 0.3 is 33.3 Å². The summed E-state index contributed by atoms with van der Waals surface area (Å²) in [6.07, 6.45) is 44.8. The Morgan fingerprint density at radius 1 is 0.720 bits per heavy atom. The van der Waals surface area contributed by atoms with E-state index in [2.05, 4.69) is 71.8 Å². The minimum atomic E-state index is -5.47. The van der Waals surface area contributed by atoms with Gasteiger partial charge in [-0.1, -0.05) is 155 Å². The number of ether oxygens (including phenoxy) is 3. The number of allylic oxidation sites excluding steroid dienone is 19. The van der Waals surface area contributed by atoms with Crippen LogP contribution in [0, 0.1) is 0 Å². The number of phosphoric acid groups is 2. The minimum Gasteiger partial charge on any atom is -0.462 e. The maximum Gasteiger partial charge on any atom is 0.481 e. The monoisotopic (exact) mass is 1090 g/mol. The number of nitrogen functional groups attached to an aromatic ring is 1. The predicted octanol–water partition coefficient (Wildman–Crippen LogP) is 9.74. The van der Waals surface area contributed by atoms with Crippen molar-refractivity contribution < 1.29 is 71.4 Å². The van der Waals surface area contributed by atoms with Crippen molar-refractivity contribution in [2.24, 2.45) is 0 Å². The summed E-state index contributed by atoms with van der Waals surface area (Å²) in [6, 6.07) is 1.23. The fourth-order valence-corrected chi connectivity index (χ4v) is 8.79. The molecule has 0 spiro atoms. The number of anilines is 1. The van der Waals surface area contributed by atoms with Gasteiger partial charge in [0.15, 0.2) is 12.3 Å². The van der Waals surface area contributed by atoms with E-state index < -0.39 is 89.8 Å². The molecule has 2 heterocycles. The number of hydrogen-bond acceptors (Lipinski definition) is 16. The third kappa shape index (κ3) is 33.0. The lowest BCUT2D eigenvalue weighted by molar-refractivity contribution is -0.161. The van der Waals surface area contributed by atoms with Gasteiger partial charge in [-0.25, -0.2) is 13.9 Å². The van der Waals surface area contributed by atoms with Gasteiger partial charge in [-0.3, -0.25) is 23.2 Å². The number of carbonyl (C=O) groups excluding carboxylic acids is 2. The van der Waals surface area contributed by atoms with Crippen LogP contribution in [0.3, 0.4) is 0 Å². The molecule has 2 rings (SSSR count). The molecule has 0 amide bonds. The molecular formula is C54H81N3O16P2. The zero-order valence-electron chi connectivity index (χ0n) is 43.4. The Labute approximate surface area is 442 Å². The molecule has 8 atom stereocenters. The second-order valence-corrected chi connectivity index (χ2v) is 20.2. The van der Waals surface area contributed by atoms with Crippen molar-refractivity contribution in [1.82, 2.24) is 9.55 Å². The van der Waals surface area contributed by atoms with Crippen LogP contribution in [0.25, 0.3) is 0 Å². The van der Waals surface area contributed by atoms with Gasteiger partial charge in [0, 0.05) is 19.0 Å². The Morgan fingerprint density at radius 2 is 1.28 bits per heavy atom. The molecule has 1 aromatic rings. The van der Waals surface area contributed by atoms with Crippen LogP contribution in [0.1, 0.15) is 129 Å². The molecule has 0 bridgehead atoms. The molecule has 0 saturated carbocycles. The van der Waals surface area contributed by atoms with Crippen LogP contribution in [-0.2, 0) is 46.3 Å². The lowest BCUT2D eigenvalue weighted by Crippen LogP contribution is -2.36. The van der Waals surface area contributed by atoms with E-state index in [0.717, 1.165) is 75.0 Å². The van der Waals surface area contributed by atoms with Gasteiger partial charge in [0.25, 0.3) is 0 Å². The fourth-order valence-electron chi connectivity index (χ4n) is 6.68. The highest BCUT2D eigenvalue weighted by molar-refractivity contribution is 7.61. The summed E-state index contributed by atoms with van der Waals surface area (Å²) in [5.41, 5.74) is 4.57. The Morgan fingerprint density at radius 3 is 1.87 bits per heavy atom. The topological polar surface area (TPSA) is 286 Å². The molecule has 21 heteroatoms. The summed E-state index contributed by atoms with van der Waals surface area (Å²) < 4.78 is 56.6. The molecule has 1 aliphatic rings. The first-order chi connectivity index (χ1) is 36.1. The van der Waals surface area contributed by atoms with Crippen LogP contribution in [0.2, 0.25) is 0 Å². The van der Waals surface area contributed by atoms with Gasteiger partial charge in [0.2, 0.25) is 0 Å². The molecule has 1 fully saturated rings. The lowest BCUT2D eigenvalue weighted by atomic mass is 10.1. The van der Waals surface area contributed by atoms with Crippen LogP contribution in [0.5, 0.6) is 0 Å². The second-order valence-electron chi connectivity index (χ2n) is 17.1. The second kappa shape index (κ2) is 40.4. The summed E-state index contributed by atoms with van der Waals surface area (Å²) in [4.78, 5) is 61.9. The van der Waals surface area contributed by atoms with E-state index in [1.54, 1.807) is 6.08 Å². The Kier molecular flexibility index (Phi) is 35.7. The molecule has 0 aliphatic carbocycles. The van der Waals surface area contributed by atoms with Gasteiger partial charge in [-0.15, -0.1) is 0 Å². The third-order valence-corrected chi connectivity index (χ3v) is 13.2. The quantitative estimate of drug-likeness (QED) is 0.0117. The number of unbranched alkanes of at least 4 members (excludes halogenated alkanes) is 3. The Bertz CT molecular complexity index is 2250. The normalized spacial score (nSPS) is 20.2. The number of esters is 2. The molecule has 1 aromatic heterocycles. The molecule has 1 saturated heterocycles. The van der Waals surface area contributed by atoms with Crippen LogP contribution in [-0.4, -0.2) is 96.9 Å². The standard InChI is InChI=1S/C54H81N3O16P2/c1-3-5-7-8-9-10-11-12-13-14-15-16-17-18-21-24-27-30-34-38-49(59)68-42-46(71-50(60)39-35-31-28-25-22-19-20-23-26-29-33-37-45(58)36-32-6-4-2)43-69-74(64,65)73-75(66,67)70-44-47-51(61)52(62)53(72-47)57-41-40-48(55)56-54(57)63/h5,7,9-10,12-13,15-16,18-21,25-30,33,37,40-41,45-47,51-53,58,61-62H,3-4,6,8,11,14,17,22-24,31-32,34-36,38-39,42-44H2,1-2H3,(H,64,65)(H,66,67)(H2,55,56,63)/b7-5-,10-9-,13-12-,16-15-,20-19-,21-18-,28-25-,29-26-,30-27-,37-33+/t45-,46+,47+,51+,52+,53+/m0/s1. The zero-order valence-corrected chi connectivity index (χ0v) is 45.2. The summed E-state index contributed by atoms with van der Waals surface area (Å²) in [6.45, 7) is 1.76. The first-order valence-electron chi connectivity index (χ1n) is 25.7.